The zero-order valence-electron chi connectivity index (χ0n) is 11.2. The number of rotatable bonds is 3. The Balaban J connectivity index is 2.70. The molecule has 0 aliphatic carbocycles. The number of carboxylic acid groups (broad SMARTS) is 1. The van der Waals surface area contributed by atoms with Crippen LogP contribution in [0.1, 0.15) is 15.9 Å². The average molecular weight is 314 g/mol. The van der Waals surface area contributed by atoms with Gasteiger partial charge in [-0.1, -0.05) is 12.1 Å². The van der Waals surface area contributed by atoms with E-state index in [1.54, 1.807) is 0 Å². The minimum Gasteiger partial charge on any atom is -0.494 e. The fraction of sp³-hybridized carbons (Fsp3) is 0.133. The summed E-state index contributed by atoms with van der Waals surface area (Å²) in [5.74, 6) is -2.54. The summed E-state index contributed by atoms with van der Waals surface area (Å²) in [6, 6.07) is 6.14. The van der Waals surface area contributed by atoms with Gasteiger partial charge in [0.15, 0.2) is 11.6 Å². The number of hydrogen-bond acceptors (Lipinski definition) is 2. The van der Waals surface area contributed by atoms with Gasteiger partial charge in [-0.25, -0.2) is 9.18 Å². The van der Waals surface area contributed by atoms with Gasteiger partial charge in [0.25, 0.3) is 0 Å². The predicted octanol–water partition coefficient (Wildman–Crippen LogP) is 4.22. The molecular formula is C15H10F4O3. The largest absolute Gasteiger partial charge is 0.494 e. The molecule has 0 saturated heterocycles. The normalized spacial score (nSPS) is 11.3. The molecule has 0 amide bonds. The molecule has 0 aliphatic rings. The summed E-state index contributed by atoms with van der Waals surface area (Å²) in [4.78, 5) is 11.0. The van der Waals surface area contributed by atoms with Crippen LogP contribution in [0.3, 0.4) is 0 Å². The molecule has 0 atom stereocenters. The lowest BCUT2D eigenvalue weighted by Crippen LogP contribution is -2.08. The van der Waals surface area contributed by atoms with E-state index in [9.17, 15) is 22.4 Å². The summed E-state index contributed by atoms with van der Waals surface area (Å²) in [5, 5.41) is 8.93. The minimum atomic E-state index is -4.74. The van der Waals surface area contributed by atoms with Crippen molar-refractivity contribution in [3.8, 4) is 16.9 Å². The Bertz CT molecular complexity index is 723. The first-order valence-electron chi connectivity index (χ1n) is 6.02. The lowest BCUT2D eigenvalue weighted by molar-refractivity contribution is -0.137. The fourth-order valence-corrected chi connectivity index (χ4v) is 1.96. The Hall–Kier alpha value is -2.57. The van der Waals surface area contributed by atoms with E-state index in [0.29, 0.717) is 12.1 Å². The zero-order chi connectivity index (χ0) is 16.5. The zero-order valence-corrected chi connectivity index (χ0v) is 11.2. The van der Waals surface area contributed by atoms with Crippen LogP contribution in [-0.4, -0.2) is 18.2 Å². The summed E-state index contributed by atoms with van der Waals surface area (Å²) < 4.78 is 57.5. The maximum atomic E-state index is 14.2. The molecule has 0 radical (unpaired) electrons. The first-order valence-corrected chi connectivity index (χ1v) is 6.02. The quantitative estimate of drug-likeness (QED) is 0.863. The van der Waals surface area contributed by atoms with Gasteiger partial charge in [-0.2, -0.15) is 13.2 Å². The molecule has 0 unspecified atom stereocenters. The van der Waals surface area contributed by atoms with E-state index >= 15 is 0 Å². The number of methoxy groups -OCH3 is 1. The van der Waals surface area contributed by atoms with E-state index in [4.69, 9.17) is 9.84 Å². The summed E-state index contributed by atoms with van der Waals surface area (Å²) in [6.07, 6.45) is -4.74. The second kappa shape index (κ2) is 5.67. The van der Waals surface area contributed by atoms with Crippen molar-refractivity contribution in [2.75, 3.05) is 7.11 Å². The van der Waals surface area contributed by atoms with E-state index in [0.717, 1.165) is 6.07 Å². The number of aromatic carboxylic acids is 1. The van der Waals surface area contributed by atoms with E-state index in [-0.39, 0.29) is 16.9 Å². The monoisotopic (exact) mass is 314 g/mol. The predicted molar refractivity (Wildman–Crippen MR) is 70.3 cm³/mol. The first-order chi connectivity index (χ1) is 10.2. The van der Waals surface area contributed by atoms with Crippen LogP contribution >= 0.6 is 0 Å². The van der Waals surface area contributed by atoms with Crippen molar-refractivity contribution in [2.45, 2.75) is 6.18 Å². The Morgan fingerprint density at radius 1 is 1.18 bits per heavy atom. The fourth-order valence-electron chi connectivity index (χ4n) is 1.96. The average Bonchev–Trinajstić information content (AvgIpc) is 2.46. The molecule has 0 spiro atoms. The molecule has 3 nitrogen and oxygen atoms in total. The van der Waals surface area contributed by atoms with Crippen molar-refractivity contribution in [3.63, 3.8) is 0 Å². The van der Waals surface area contributed by atoms with E-state index in [1.165, 1.54) is 25.3 Å². The van der Waals surface area contributed by atoms with E-state index in [1.807, 2.05) is 0 Å². The van der Waals surface area contributed by atoms with E-state index in [2.05, 4.69) is 0 Å². The van der Waals surface area contributed by atoms with Crippen LogP contribution in [0.2, 0.25) is 0 Å². The van der Waals surface area contributed by atoms with Crippen LogP contribution in [-0.2, 0) is 6.18 Å². The molecule has 7 heteroatoms. The SMILES string of the molecule is COc1cccc(-c2cc(C(=O)O)cc(C(F)(F)F)c2)c1F. The van der Waals surface area contributed by atoms with Crippen molar-refractivity contribution >= 4 is 5.97 Å². The van der Waals surface area contributed by atoms with Crippen molar-refractivity contribution in [1.82, 2.24) is 0 Å². The van der Waals surface area contributed by atoms with Gasteiger partial charge in [-0.05, 0) is 29.8 Å². The number of halogens is 4. The Kier molecular flexibility index (Phi) is 4.07. The van der Waals surface area contributed by atoms with Crippen molar-refractivity contribution < 1.29 is 32.2 Å². The van der Waals surface area contributed by atoms with Crippen LogP contribution in [0, 0.1) is 5.82 Å². The second-order valence-electron chi connectivity index (χ2n) is 4.42. The van der Waals surface area contributed by atoms with Crippen LogP contribution in [0.15, 0.2) is 36.4 Å². The van der Waals surface area contributed by atoms with E-state index < -0.39 is 29.1 Å². The summed E-state index contributed by atoms with van der Waals surface area (Å²) in [7, 11) is 1.22. The summed E-state index contributed by atoms with van der Waals surface area (Å²) in [5.41, 5.74) is -2.10. The third-order valence-corrected chi connectivity index (χ3v) is 3.00. The highest BCUT2D eigenvalue weighted by atomic mass is 19.4. The number of alkyl halides is 3. The molecule has 22 heavy (non-hydrogen) atoms. The molecule has 0 heterocycles. The van der Waals surface area contributed by atoms with Crippen LogP contribution < -0.4 is 4.74 Å². The number of hydrogen-bond donors (Lipinski definition) is 1. The standard InChI is InChI=1S/C15H10F4O3/c1-22-12-4-2-3-11(13(12)16)8-5-9(14(20)21)7-10(6-8)15(17,18)19/h2-7H,1H3,(H,20,21). The van der Waals surface area contributed by atoms with Crippen molar-refractivity contribution in [1.29, 1.82) is 0 Å². The first kappa shape index (κ1) is 15.8. The Morgan fingerprint density at radius 3 is 2.41 bits per heavy atom. The number of benzene rings is 2. The Labute approximate surface area is 122 Å². The number of carbonyl (C=O) groups is 1. The van der Waals surface area contributed by atoms with Crippen LogP contribution in [0.25, 0.3) is 11.1 Å². The molecular weight excluding hydrogens is 304 g/mol. The highest BCUT2D eigenvalue weighted by Crippen LogP contribution is 2.35. The minimum absolute atomic E-state index is 0.146. The second-order valence-corrected chi connectivity index (χ2v) is 4.42. The summed E-state index contributed by atoms with van der Waals surface area (Å²) >= 11 is 0. The maximum Gasteiger partial charge on any atom is 0.416 e. The highest BCUT2D eigenvalue weighted by molar-refractivity contribution is 5.90. The van der Waals surface area contributed by atoms with Gasteiger partial charge < -0.3 is 9.84 Å². The van der Waals surface area contributed by atoms with Gasteiger partial charge in [0.1, 0.15) is 0 Å². The van der Waals surface area contributed by atoms with Gasteiger partial charge >= 0.3 is 12.1 Å². The maximum absolute atomic E-state index is 14.2. The smallest absolute Gasteiger partial charge is 0.416 e. The Morgan fingerprint density at radius 2 is 1.86 bits per heavy atom. The van der Waals surface area contributed by atoms with Gasteiger partial charge in [0.2, 0.25) is 0 Å². The van der Waals surface area contributed by atoms with Gasteiger partial charge in [-0.15, -0.1) is 0 Å². The highest BCUT2D eigenvalue weighted by Gasteiger charge is 2.32. The number of ether oxygens (including phenoxy) is 1. The van der Waals surface area contributed by atoms with Crippen molar-refractivity contribution in [3.05, 3.63) is 53.3 Å². The molecule has 0 aromatic heterocycles. The van der Waals surface area contributed by atoms with Crippen LogP contribution in [0.4, 0.5) is 17.6 Å². The third kappa shape index (κ3) is 3.03. The topological polar surface area (TPSA) is 46.5 Å². The molecule has 0 saturated carbocycles. The molecule has 2 rings (SSSR count). The van der Waals surface area contributed by atoms with Crippen molar-refractivity contribution in [2.24, 2.45) is 0 Å². The molecule has 2 aromatic rings. The molecule has 0 bridgehead atoms. The van der Waals surface area contributed by atoms with Gasteiger partial charge in [0, 0.05) is 5.56 Å². The molecule has 116 valence electrons. The molecule has 0 fully saturated rings. The third-order valence-electron chi connectivity index (χ3n) is 3.00. The van der Waals surface area contributed by atoms with Crippen LogP contribution in [0.5, 0.6) is 5.75 Å². The van der Waals surface area contributed by atoms with Gasteiger partial charge in [0.05, 0.1) is 18.2 Å². The molecule has 2 aromatic carbocycles. The molecule has 0 aliphatic heterocycles. The lowest BCUT2D eigenvalue weighted by atomic mass is 9.98. The number of carboxylic acids is 1. The molecule has 1 N–H and O–H groups in total. The van der Waals surface area contributed by atoms with Gasteiger partial charge in [-0.3, -0.25) is 0 Å². The lowest BCUT2D eigenvalue weighted by Gasteiger charge is -2.12. The summed E-state index contributed by atoms with van der Waals surface area (Å²) in [6.45, 7) is 0.